The number of benzene rings is 1. The van der Waals surface area contributed by atoms with Gasteiger partial charge in [0.2, 0.25) is 0 Å². The number of nitrogens with zero attached hydrogens (tertiary/aromatic N) is 9. The highest BCUT2D eigenvalue weighted by molar-refractivity contribution is 5.67. The van der Waals surface area contributed by atoms with E-state index in [1.165, 1.54) is 0 Å². The molecule has 3 rings (SSSR count). The van der Waals surface area contributed by atoms with E-state index in [-0.39, 0.29) is 13.0 Å². The van der Waals surface area contributed by atoms with Crippen molar-refractivity contribution in [2.75, 3.05) is 0 Å². The summed E-state index contributed by atoms with van der Waals surface area (Å²) in [7, 11) is 0. The number of azide groups is 3. The molecule has 0 aromatic heterocycles. The van der Waals surface area contributed by atoms with Crippen LogP contribution in [0.4, 0.5) is 4.79 Å². The van der Waals surface area contributed by atoms with Crippen molar-refractivity contribution in [3.63, 3.8) is 0 Å². The number of aliphatic hydroxyl groups excluding tert-OH is 2. The second-order valence-electron chi connectivity index (χ2n) is 8.75. The molecule has 1 aliphatic carbocycles. The molecular weight excluding hydrogens is 488 g/mol. The molecule has 1 aromatic rings. The molecule has 0 bridgehead atoms. The molecule has 0 spiro atoms. The van der Waals surface area contributed by atoms with Crippen molar-refractivity contribution in [3.05, 3.63) is 67.2 Å². The standard InChI is InChI=1S/C21H28N10O6/c1-11(25-21(34)35-10-12-5-3-2-4-6-12)16-8-7-13(26-29-22)20(36-16)37-19-15(28-31-24)9-14(27-30-23)17(32)18(19)33/h2-6,11,13-20,32-33H,7-10H2,1H3,(H,25,34)/t11-,13?,14?,15?,16+,17+,18-,19-,20-/m1/s1. The van der Waals surface area contributed by atoms with Crippen molar-refractivity contribution in [2.24, 2.45) is 15.3 Å². The molecule has 1 aromatic carbocycles. The number of ether oxygens (including phenoxy) is 3. The molecule has 1 saturated carbocycles. The molecular formula is C21H28N10O6. The van der Waals surface area contributed by atoms with Crippen molar-refractivity contribution in [1.29, 1.82) is 0 Å². The maximum Gasteiger partial charge on any atom is 0.407 e. The third kappa shape index (κ3) is 7.38. The zero-order chi connectivity index (χ0) is 26.8. The predicted molar refractivity (Wildman–Crippen MR) is 127 cm³/mol. The van der Waals surface area contributed by atoms with Crippen molar-refractivity contribution >= 4 is 6.09 Å². The number of nitrogens with one attached hydrogen (secondary N) is 1. The average molecular weight is 517 g/mol. The van der Waals surface area contributed by atoms with Crippen molar-refractivity contribution in [1.82, 2.24) is 5.32 Å². The molecule has 2 aliphatic rings. The Morgan fingerprint density at radius 3 is 2.38 bits per heavy atom. The number of amides is 1. The highest BCUT2D eigenvalue weighted by Gasteiger charge is 2.46. The Kier molecular flexibility index (Phi) is 10.2. The first kappa shape index (κ1) is 27.8. The van der Waals surface area contributed by atoms with Crippen LogP contribution in [-0.2, 0) is 20.8 Å². The molecule has 9 atom stereocenters. The number of hydrogen-bond donors (Lipinski definition) is 3. The summed E-state index contributed by atoms with van der Waals surface area (Å²) in [5.41, 5.74) is 27.5. The molecule has 37 heavy (non-hydrogen) atoms. The first-order valence-electron chi connectivity index (χ1n) is 11.6. The van der Waals surface area contributed by atoms with Crippen LogP contribution in [0.3, 0.4) is 0 Å². The molecule has 3 unspecified atom stereocenters. The number of carbonyl (C=O) groups is 1. The summed E-state index contributed by atoms with van der Waals surface area (Å²) in [6.45, 7) is 1.81. The Morgan fingerprint density at radius 2 is 1.70 bits per heavy atom. The van der Waals surface area contributed by atoms with Crippen LogP contribution in [0.25, 0.3) is 31.3 Å². The van der Waals surface area contributed by atoms with E-state index in [0.29, 0.717) is 12.8 Å². The van der Waals surface area contributed by atoms with Crippen LogP contribution in [0.1, 0.15) is 31.7 Å². The summed E-state index contributed by atoms with van der Waals surface area (Å²) >= 11 is 0. The second kappa shape index (κ2) is 13.5. The van der Waals surface area contributed by atoms with Crippen LogP contribution < -0.4 is 5.32 Å². The van der Waals surface area contributed by atoms with Gasteiger partial charge in [0.25, 0.3) is 0 Å². The van der Waals surface area contributed by atoms with E-state index in [1.54, 1.807) is 6.92 Å². The second-order valence-corrected chi connectivity index (χ2v) is 8.75. The summed E-state index contributed by atoms with van der Waals surface area (Å²) in [6.07, 6.45) is -6.03. The van der Waals surface area contributed by atoms with Crippen LogP contribution in [0.5, 0.6) is 0 Å². The predicted octanol–water partition coefficient (Wildman–Crippen LogP) is 3.35. The van der Waals surface area contributed by atoms with Gasteiger partial charge in [0.1, 0.15) is 12.7 Å². The fourth-order valence-electron chi connectivity index (χ4n) is 4.37. The Bertz CT molecular complexity index is 1060. The van der Waals surface area contributed by atoms with Crippen LogP contribution in [-0.4, -0.2) is 71.2 Å². The van der Waals surface area contributed by atoms with Crippen molar-refractivity contribution < 1.29 is 29.2 Å². The SMILES string of the molecule is C[C@@H](NC(=O)OCc1ccccc1)[C@@H]1CCC(N=[N+]=[N-])[C@@H](O[C@@H]2C(N=[N+]=[N-])CC(N=[N+]=[N-])[C@H](O)[C@H]2O)O1. The van der Waals surface area contributed by atoms with Gasteiger partial charge in [0, 0.05) is 14.7 Å². The molecule has 16 heteroatoms. The van der Waals surface area contributed by atoms with Crippen LogP contribution in [0, 0.1) is 0 Å². The normalized spacial score (nSPS) is 32.0. The third-order valence-corrected chi connectivity index (χ3v) is 6.32. The van der Waals surface area contributed by atoms with E-state index >= 15 is 0 Å². The van der Waals surface area contributed by atoms with E-state index in [1.807, 2.05) is 30.3 Å². The van der Waals surface area contributed by atoms with E-state index < -0.39 is 61.0 Å². The minimum Gasteiger partial charge on any atom is -0.445 e. The molecule has 2 fully saturated rings. The molecule has 1 saturated heterocycles. The van der Waals surface area contributed by atoms with Gasteiger partial charge in [0.15, 0.2) is 6.29 Å². The zero-order valence-electron chi connectivity index (χ0n) is 20.0. The average Bonchev–Trinajstić information content (AvgIpc) is 2.90. The highest BCUT2D eigenvalue weighted by Crippen LogP contribution is 2.32. The van der Waals surface area contributed by atoms with Gasteiger partial charge in [-0.15, -0.1) is 0 Å². The molecule has 1 amide bonds. The maximum absolute atomic E-state index is 12.3. The maximum atomic E-state index is 12.3. The van der Waals surface area contributed by atoms with Gasteiger partial charge in [-0.25, -0.2) is 4.79 Å². The van der Waals surface area contributed by atoms with Gasteiger partial charge in [-0.05, 0) is 48.3 Å². The Balaban J connectivity index is 1.67. The van der Waals surface area contributed by atoms with Crippen LogP contribution >= 0.6 is 0 Å². The third-order valence-electron chi connectivity index (χ3n) is 6.32. The van der Waals surface area contributed by atoms with Gasteiger partial charge in [-0.2, -0.15) is 0 Å². The van der Waals surface area contributed by atoms with E-state index in [9.17, 15) is 15.0 Å². The Labute approximate surface area is 211 Å². The van der Waals surface area contributed by atoms with Gasteiger partial charge in [0.05, 0.1) is 42.5 Å². The summed E-state index contributed by atoms with van der Waals surface area (Å²) in [5.74, 6) is 0. The molecule has 16 nitrogen and oxygen atoms in total. The smallest absolute Gasteiger partial charge is 0.407 e. The summed E-state index contributed by atoms with van der Waals surface area (Å²) in [6, 6.07) is 5.83. The van der Waals surface area contributed by atoms with Crippen LogP contribution in [0.15, 0.2) is 45.7 Å². The molecule has 198 valence electrons. The molecule has 1 aliphatic heterocycles. The monoisotopic (exact) mass is 516 g/mol. The number of hydrogen-bond acceptors (Lipinski definition) is 9. The fraction of sp³-hybridized carbons (Fsp3) is 0.667. The lowest BCUT2D eigenvalue weighted by atomic mass is 9.84. The quantitative estimate of drug-likeness (QED) is 0.252. The zero-order valence-corrected chi connectivity index (χ0v) is 20.0. The fourth-order valence-corrected chi connectivity index (χ4v) is 4.37. The highest BCUT2D eigenvalue weighted by atomic mass is 16.7. The largest absolute Gasteiger partial charge is 0.445 e. The van der Waals surface area contributed by atoms with Gasteiger partial charge in [-0.3, -0.25) is 0 Å². The van der Waals surface area contributed by atoms with E-state index in [4.69, 9.17) is 30.8 Å². The van der Waals surface area contributed by atoms with Gasteiger partial charge in [-0.1, -0.05) is 45.7 Å². The first-order chi connectivity index (χ1) is 17.9. The van der Waals surface area contributed by atoms with Crippen molar-refractivity contribution in [3.8, 4) is 0 Å². The van der Waals surface area contributed by atoms with Crippen LogP contribution in [0.2, 0.25) is 0 Å². The lowest BCUT2D eigenvalue weighted by molar-refractivity contribution is -0.255. The molecule has 3 N–H and O–H groups in total. The molecule has 0 radical (unpaired) electrons. The Morgan fingerprint density at radius 1 is 1.05 bits per heavy atom. The lowest BCUT2D eigenvalue weighted by Crippen LogP contribution is -2.58. The summed E-state index contributed by atoms with van der Waals surface area (Å²) in [5, 5.41) is 34.5. The Hall–Kier alpha value is -3.74. The number of alkyl carbamates (subject to hydrolysis) is 1. The summed E-state index contributed by atoms with van der Waals surface area (Å²) in [4.78, 5) is 20.5. The number of carbonyl (C=O) groups excluding carboxylic acids is 1. The van der Waals surface area contributed by atoms with Crippen molar-refractivity contribution in [2.45, 2.75) is 87.7 Å². The minimum atomic E-state index is -1.58. The molecule has 1 heterocycles. The minimum absolute atomic E-state index is 0.0788. The van der Waals surface area contributed by atoms with Gasteiger partial charge >= 0.3 is 6.09 Å². The van der Waals surface area contributed by atoms with E-state index in [2.05, 4.69) is 35.4 Å². The number of rotatable bonds is 9. The van der Waals surface area contributed by atoms with Gasteiger partial charge < -0.3 is 29.7 Å². The number of aliphatic hydroxyl groups is 2. The first-order valence-corrected chi connectivity index (χ1v) is 11.6. The lowest BCUT2D eigenvalue weighted by Gasteiger charge is -2.43. The van der Waals surface area contributed by atoms with E-state index in [0.717, 1.165) is 5.56 Å². The summed E-state index contributed by atoms with van der Waals surface area (Å²) < 4.78 is 17.2. The topological polar surface area (TPSA) is 244 Å².